The molecule has 100 valence electrons. The average molecular weight is 277 g/mol. The molecule has 0 atom stereocenters. The van der Waals surface area contributed by atoms with Gasteiger partial charge >= 0.3 is 0 Å². The molecule has 2 aromatic rings. The highest BCUT2D eigenvalue weighted by Crippen LogP contribution is 2.23. The van der Waals surface area contributed by atoms with Crippen molar-refractivity contribution in [2.24, 2.45) is 0 Å². The van der Waals surface area contributed by atoms with Gasteiger partial charge in [-0.15, -0.1) is 0 Å². The van der Waals surface area contributed by atoms with Crippen molar-refractivity contribution in [2.75, 3.05) is 31.1 Å². The van der Waals surface area contributed by atoms with Crippen LogP contribution in [0.5, 0.6) is 0 Å². The molecule has 0 amide bonds. The number of rotatable bonds is 2. The third-order valence-electron chi connectivity index (χ3n) is 3.49. The van der Waals surface area contributed by atoms with Crippen molar-refractivity contribution in [3.05, 3.63) is 41.2 Å². The normalized spacial score (nSPS) is 15.8. The lowest BCUT2D eigenvalue weighted by Gasteiger charge is -2.28. The summed E-state index contributed by atoms with van der Waals surface area (Å²) in [6, 6.07) is 7.78. The maximum atomic E-state index is 6.04. The van der Waals surface area contributed by atoms with Crippen molar-refractivity contribution in [1.29, 1.82) is 0 Å². The summed E-state index contributed by atoms with van der Waals surface area (Å²) in [5, 5.41) is 8.59. The van der Waals surface area contributed by atoms with Crippen LogP contribution in [0.1, 0.15) is 5.69 Å². The molecule has 1 aromatic heterocycles. The third-order valence-corrected chi connectivity index (χ3v) is 3.73. The summed E-state index contributed by atoms with van der Waals surface area (Å²) in [7, 11) is 0. The third kappa shape index (κ3) is 2.46. The molecule has 1 aliphatic heterocycles. The minimum atomic E-state index is 0.733. The van der Waals surface area contributed by atoms with E-state index in [4.69, 9.17) is 11.6 Å². The van der Waals surface area contributed by atoms with E-state index in [-0.39, 0.29) is 0 Å². The summed E-state index contributed by atoms with van der Waals surface area (Å²) in [6.07, 6.45) is 1.95. The zero-order valence-corrected chi connectivity index (χ0v) is 11.7. The number of hydrogen-bond donors (Lipinski definition) is 1. The van der Waals surface area contributed by atoms with Crippen molar-refractivity contribution in [3.63, 3.8) is 0 Å². The van der Waals surface area contributed by atoms with Gasteiger partial charge in [-0.05, 0) is 25.1 Å². The van der Waals surface area contributed by atoms with Crippen LogP contribution >= 0.6 is 11.6 Å². The van der Waals surface area contributed by atoms with Gasteiger partial charge in [-0.25, -0.2) is 4.68 Å². The molecule has 2 heterocycles. The van der Waals surface area contributed by atoms with Crippen LogP contribution in [0.4, 0.5) is 5.69 Å². The van der Waals surface area contributed by atoms with Gasteiger partial charge in [0.15, 0.2) is 0 Å². The zero-order chi connectivity index (χ0) is 13.2. The number of nitrogens with zero attached hydrogens (tertiary/aromatic N) is 3. The Labute approximate surface area is 118 Å². The highest BCUT2D eigenvalue weighted by atomic mass is 35.5. The van der Waals surface area contributed by atoms with E-state index in [2.05, 4.69) is 22.2 Å². The monoisotopic (exact) mass is 276 g/mol. The highest BCUT2D eigenvalue weighted by molar-refractivity contribution is 6.30. The fourth-order valence-corrected chi connectivity index (χ4v) is 2.67. The van der Waals surface area contributed by atoms with E-state index in [1.54, 1.807) is 0 Å². The van der Waals surface area contributed by atoms with E-state index in [1.807, 2.05) is 35.1 Å². The second-order valence-electron chi connectivity index (χ2n) is 4.74. The molecule has 3 rings (SSSR count). The molecular formula is C14H17ClN4. The van der Waals surface area contributed by atoms with Crippen molar-refractivity contribution >= 4 is 17.3 Å². The van der Waals surface area contributed by atoms with Crippen LogP contribution in [-0.4, -0.2) is 36.0 Å². The molecule has 1 aliphatic rings. The summed E-state index contributed by atoms with van der Waals surface area (Å²) in [5.74, 6) is 0. The lowest BCUT2D eigenvalue weighted by molar-refractivity contribution is 0.588. The Kier molecular flexibility index (Phi) is 3.44. The molecule has 0 bridgehead atoms. The Morgan fingerprint density at radius 3 is 2.79 bits per heavy atom. The Morgan fingerprint density at radius 2 is 2.05 bits per heavy atom. The van der Waals surface area contributed by atoms with E-state index in [1.165, 1.54) is 5.69 Å². The molecule has 5 heteroatoms. The number of halogens is 1. The average Bonchev–Trinajstić information content (AvgIpc) is 2.81. The van der Waals surface area contributed by atoms with E-state index in [0.717, 1.165) is 42.6 Å². The Hall–Kier alpha value is -1.52. The van der Waals surface area contributed by atoms with E-state index >= 15 is 0 Å². The molecule has 1 saturated heterocycles. The minimum Gasteiger partial charge on any atom is -0.366 e. The van der Waals surface area contributed by atoms with Crippen LogP contribution in [0.15, 0.2) is 30.5 Å². The van der Waals surface area contributed by atoms with E-state index < -0.39 is 0 Å². The molecule has 1 fully saturated rings. The van der Waals surface area contributed by atoms with Gasteiger partial charge < -0.3 is 10.2 Å². The largest absolute Gasteiger partial charge is 0.366 e. The molecule has 0 radical (unpaired) electrons. The minimum absolute atomic E-state index is 0.733. The molecule has 0 aliphatic carbocycles. The van der Waals surface area contributed by atoms with Crippen molar-refractivity contribution in [3.8, 4) is 5.69 Å². The summed E-state index contributed by atoms with van der Waals surface area (Å²) >= 11 is 6.04. The fourth-order valence-electron chi connectivity index (χ4n) is 2.49. The second-order valence-corrected chi connectivity index (χ2v) is 5.18. The first-order valence-corrected chi connectivity index (χ1v) is 6.90. The zero-order valence-electron chi connectivity index (χ0n) is 10.9. The number of benzene rings is 1. The highest BCUT2D eigenvalue weighted by Gasteiger charge is 2.16. The Morgan fingerprint density at radius 1 is 1.26 bits per heavy atom. The van der Waals surface area contributed by atoms with Crippen LogP contribution in [-0.2, 0) is 0 Å². The smallest absolute Gasteiger partial charge is 0.0787 e. The Balaban J connectivity index is 1.94. The lowest BCUT2D eigenvalue weighted by atomic mass is 10.2. The van der Waals surface area contributed by atoms with Gasteiger partial charge in [0.25, 0.3) is 0 Å². The van der Waals surface area contributed by atoms with Crippen molar-refractivity contribution in [1.82, 2.24) is 15.1 Å². The predicted molar refractivity (Wildman–Crippen MR) is 78.4 cm³/mol. The first-order valence-electron chi connectivity index (χ1n) is 6.52. The van der Waals surface area contributed by atoms with Gasteiger partial charge in [0.1, 0.15) is 0 Å². The maximum Gasteiger partial charge on any atom is 0.0787 e. The SMILES string of the molecule is Cc1c(N2CCNCC2)cnn1-c1cccc(Cl)c1. The standard InChI is InChI=1S/C14H17ClN4/c1-11-14(18-7-5-16-6-8-18)10-17-19(11)13-4-2-3-12(15)9-13/h2-4,9-10,16H,5-8H2,1H3. The van der Waals surface area contributed by atoms with Crippen molar-refractivity contribution < 1.29 is 0 Å². The number of anilines is 1. The van der Waals surface area contributed by atoms with Gasteiger partial charge in [0, 0.05) is 31.2 Å². The first kappa shape index (κ1) is 12.5. The molecule has 1 aromatic carbocycles. The number of nitrogens with one attached hydrogen (secondary N) is 1. The summed E-state index contributed by atoms with van der Waals surface area (Å²) in [5.41, 5.74) is 3.37. The summed E-state index contributed by atoms with van der Waals surface area (Å²) in [6.45, 7) is 6.22. The fraction of sp³-hybridized carbons (Fsp3) is 0.357. The topological polar surface area (TPSA) is 33.1 Å². The lowest BCUT2D eigenvalue weighted by Crippen LogP contribution is -2.43. The Bertz CT molecular complexity index is 573. The molecule has 19 heavy (non-hydrogen) atoms. The van der Waals surface area contributed by atoms with Gasteiger partial charge in [0.05, 0.1) is 23.3 Å². The number of aromatic nitrogens is 2. The van der Waals surface area contributed by atoms with E-state index in [0.29, 0.717) is 0 Å². The van der Waals surface area contributed by atoms with Gasteiger partial charge in [-0.1, -0.05) is 17.7 Å². The first-order chi connectivity index (χ1) is 9.25. The molecule has 0 saturated carbocycles. The second kappa shape index (κ2) is 5.23. The predicted octanol–water partition coefficient (Wildman–Crippen LogP) is 2.24. The van der Waals surface area contributed by atoms with Crippen LogP contribution in [0.25, 0.3) is 5.69 Å². The molecule has 0 spiro atoms. The summed E-state index contributed by atoms with van der Waals surface area (Å²) < 4.78 is 1.95. The van der Waals surface area contributed by atoms with Crippen LogP contribution in [0.2, 0.25) is 5.02 Å². The quantitative estimate of drug-likeness (QED) is 0.913. The molecule has 4 nitrogen and oxygen atoms in total. The van der Waals surface area contributed by atoms with Gasteiger partial charge in [0.2, 0.25) is 0 Å². The van der Waals surface area contributed by atoms with E-state index in [9.17, 15) is 0 Å². The maximum absolute atomic E-state index is 6.04. The molecule has 0 unspecified atom stereocenters. The summed E-state index contributed by atoms with van der Waals surface area (Å²) in [4.78, 5) is 2.37. The van der Waals surface area contributed by atoms with Crippen molar-refractivity contribution in [2.45, 2.75) is 6.92 Å². The number of piperazine rings is 1. The van der Waals surface area contributed by atoms with Gasteiger partial charge in [-0.2, -0.15) is 5.10 Å². The molecular weight excluding hydrogens is 260 g/mol. The number of hydrogen-bond acceptors (Lipinski definition) is 3. The molecule has 1 N–H and O–H groups in total. The van der Waals surface area contributed by atoms with Crippen LogP contribution in [0.3, 0.4) is 0 Å². The van der Waals surface area contributed by atoms with Gasteiger partial charge in [-0.3, -0.25) is 0 Å². The van der Waals surface area contributed by atoms with Crippen LogP contribution < -0.4 is 10.2 Å². The van der Waals surface area contributed by atoms with Crippen LogP contribution in [0, 0.1) is 6.92 Å².